The van der Waals surface area contributed by atoms with Crippen LogP contribution in [0.1, 0.15) is 24.8 Å². The number of ether oxygens (including phenoxy) is 2. The Hall–Kier alpha value is -2.20. The van der Waals surface area contributed by atoms with Crippen molar-refractivity contribution in [1.82, 2.24) is 0 Å². The van der Waals surface area contributed by atoms with E-state index in [0.717, 1.165) is 5.56 Å². The summed E-state index contributed by atoms with van der Waals surface area (Å²) in [4.78, 5) is 12.7. The fourth-order valence-corrected chi connectivity index (χ4v) is 2.67. The maximum absolute atomic E-state index is 12.7. The van der Waals surface area contributed by atoms with Gasteiger partial charge in [0.05, 0.1) is 30.8 Å². The Morgan fingerprint density at radius 1 is 1.13 bits per heavy atom. The number of benzene rings is 2. The lowest BCUT2D eigenvalue weighted by Crippen LogP contribution is -2.21. The summed E-state index contributed by atoms with van der Waals surface area (Å²) < 4.78 is 10.5. The van der Waals surface area contributed by atoms with E-state index >= 15 is 0 Å². The molecule has 23 heavy (non-hydrogen) atoms. The third kappa shape index (κ3) is 3.96. The normalized spacial score (nSPS) is 11.7. The predicted octanol–water partition coefficient (Wildman–Crippen LogP) is 4.49. The maximum Gasteiger partial charge on any atom is 0.232 e. The Kier molecular flexibility index (Phi) is 5.88. The van der Waals surface area contributed by atoms with Crippen LogP contribution in [-0.2, 0) is 4.79 Å². The third-order valence-corrected chi connectivity index (χ3v) is 3.95. The molecule has 1 amide bonds. The van der Waals surface area contributed by atoms with Gasteiger partial charge in [0.1, 0.15) is 11.5 Å². The van der Waals surface area contributed by atoms with E-state index in [1.165, 1.54) is 14.2 Å². The highest BCUT2D eigenvalue weighted by atomic mass is 35.5. The molecule has 0 aromatic heterocycles. The third-order valence-electron chi connectivity index (χ3n) is 3.66. The number of hydrogen-bond acceptors (Lipinski definition) is 3. The highest BCUT2D eigenvalue weighted by Crippen LogP contribution is 2.36. The first kappa shape index (κ1) is 17.2. The number of hydrogen-bond donors (Lipinski definition) is 1. The molecule has 2 aromatic rings. The molecule has 0 unspecified atom stereocenters. The number of rotatable bonds is 6. The van der Waals surface area contributed by atoms with E-state index in [-0.39, 0.29) is 11.8 Å². The molecule has 4 nitrogen and oxygen atoms in total. The van der Waals surface area contributed by atoms with Gasteiger partial charge in [-0.15, -0.1) is 0 Å². The van der Waals surface area contributed by atoms with Crippen molar-refractivity contribution in [2.75, 3.05) is 19.5 Å². The zero-order chi connectivity index (χ0) is 16.8. The van der Waals surface area contributed by atoms with Crippen molar-refractivity contribution in [2.24, 2.45) is 0 Å². The fourth-order valence-electron chi connectivity index (χ4n) is 2.44. The van der Waals surface area contributed by atoms with Crippen molar-refractivity contribution >= 4 is 23.2 Å². The molecule has 0 spiro atoms. The standard InChI is InChI=1S/C18H20ClNO3/c1-4-13(12-8-6-5-7-9-12)18(21)20-15-11-16(22-2)14(19)10-17(15)23-3/h5-11,13H,4H2,1-3H3,(H,20,21)/t13-/m1/s1. The van der Waals surface area contributed by atoms with Gasteiger partial charge in [0.15, 0.2) is 0 Å². The quantitative estimate of drug-likeness (QED) is 0.847. The van der Waals surface area contributed by atoms with E-state index in [1.54, 1.807) is 12.1 Å². The molecule has 0 fully saturated rings. The molecule has 122 valence electrons. The van der Waals surface area contributed by atoms with Gasteiger partial charge in [0.25, 0.3) is 0 Å². The summed E-state index contributed by atoms with van der Waals surface area (Å²) in [6.07, 6.45) is 0.697. The highest BCUT2D eigenvalue weighted by Gasteiger charge is 2.20. The lowest BCUT2D eigenvalue weighted by atomic mass is 9.95. The first-order chi connectivity index (χ1) is 11.1. The number of carbonyl (C=O) groups is 1. The average molecular weight is 334 g/mol. The molecule has 0 heterocycles. The van der Waals surface area contributed by atoms with Crippen LogP contribution in [0.3, 0.4) is 0 Å². The number of carbonyl (C=O) groups excluding carboxylic acids is 1. The van der Waals surface area contributed by atoms with Crippen LogP contribution in [0.15, 0.2) is 42.5 Å². The summed E-state index contributed by atoms with van der Waals surface area (Å²) in [6.45, 7) is 1.98. The summed E-state index contributed by atoms with van der Waals surface area (Å²) >= 11 is 6.08. The Morgan fingerprint density at radius 2 is 1.78 bits per heavy atom. The Bertz CT molecular complexity index is 673. The molecule has 0 radical (unpaired) electrons. The van der Waals surface area contributed by atoms with E-state index in [1.807, 2.05) is 37.3 Å². The van der Waals surface area contributed by atoms with Gasteiger partial charge in [-0.3, -0.25) is 4.79 Å². The van der Waals surface area contributed by atoms with Crippen molar-refractivity contribution in [3.05, 3.63) is 53.1 Å². The minimum absolute atomic E-state index is 0.0959. The lowest BCUT2D eigenvalue weighted by Gasteiger charge is -2.18. The molecule has 0 aliphatic rings. The van der Waals surface area contributed by atoms with Gasteiger partial charge < -0.3 is 14.8 Å². The molecule has 0 aliphatic carbocycles. The molecule has 0 bridgehead atoms. The minimum Gasteiger partial charge on any atom is -0.495 e. The summed E-state index contributed by atoms with van der Waals surface area (Å²) in [7, 11) is 3.06. The predicted molar refractivity (Wildman–Crippen MR) is 92.7 cm³/mol. The summed E-state index contributed by atoms with van der Waals surface area (Å²) in [6, 6.07) is 13.0. The van der Waals surface area contributed by atoms with Crippen LogP contribution in [-0.4, -0.2) is 20.1 Å². The van der Waals surface area contributed by atoms with Gasteiger partial charge in [0.2, 0.25) is 5.91 Å². The zero-order valence-corrected chi connectivity index (χ0v) is 14.2. The molecule has 1 N–H and O–H groups in total. The highest BCUT2D eigenvalue weighted by molar-refractivity contribution is 6.32. The zero-order valence-electron chi connectivity index (χ0n) is 13.4. The summed E-state index contributed by atoms with van der Waals surface area (Å²) in [5.41, 5.74) is 1.51. The molecule has 2 rings (SSSR count). The van der Waals surface area contributed by atoms with E-state index in [2.05, 4.69) is 5.32 Å². The van der Waals surface area contributed by atoms with Crippen LogP contribution in [0.5, 0.6) is 11.5 Å². The molecular formula is C18H20ClNO3. The topological polar surface area (TPSA) is 47.6 Å². The van der Waals surface area contributed by atoms with Crippen LogP contribution in [0, 0.1) is 0 Å². The van der Waals surface area contributed by atoms with Crippen LogP contribution in [0.2, 0.25) is 5.02 Å². The van der Waals surface area contributed by atoms with Gasteiger partial charge in [-0.25, -0.2) is 0 Å². The molecule has 0 saturated carbocycles. The Morgan fingerprint density at radius 3 is 2.35 bits per heavy atom. The fraction of sp³-hybridized carbons (Fsp3) is 0.278. The molecule has 0 saturated heterocycles. The molecule has 5 heteroatoms. The van der Waals surface area contributed by atoms with Crippen molar-refractivity contribution in [2.45, 2.75) is 19.3 Å². The van der Waals surface area contributed by atoms with Crippen LogP contribution < -0.4 is 14.8 Å². The number of methoxy groups -OCH3 is 2. The largest absolute Gasteiger partial charge is 0.495 e. The van der Waals surface area contributed by atoms with Gasteiger partial charge in [0, 0.05) is 12.1 Å². The van der Waals surface area contributed by atoms with Gasteiger partial charge >= 0.3 is 0 Å². The number of amides is 1. The van der Waals surface area contributed by atoms with E-state index < -0.39 is 0 Å². The van der Waals surface area contributed by atoms with Gasteiger partial charge in [-0.2, -0.15) is 0 Å². The summed E-state index contributed by atoms with van der Waals surface area (Å²) in [5, 5.41) is 3.34. The smallest absolute Gasteiger partial charge is 0.232 e. The molecule has 2 aromatic carbocycles. The van der Waals surface area contributed by atoms with E-state index in [0.29, 0.717) is 28.6 Å². The average Bonchev–Trinajstić information content (AvgIpc) is 2.57. The second-order valence-corrected chi connectivity index (χ2v) is 5.46. The number of anilines is 1. The first-order valence-electron chi connectivity index (χ1n) is 7.38. The molecule has 1 atom stereocenters. The monoisotopic (exact) mass is 333 g/mol. The molecule has 0 aliphatic heterocycles. The SMILES string of the molecule is CC[C@@H](C(=O)Nc1cc(OC)c(Cl)cc1OC)c1ccccc1. The van der Waals surface area contributed by atoms with Gasteiger partial charge in [-0.05, 0) is 12.0 Å². The van der Waals surface area contributed by atoms with Crippen LogP contribution in [0.25, 0.3) is 0 Å². The van der Waals surface area contributed by atoms with Crippen molar-refractivity contribution in [3.8, 4) is 11.5 Å². The van der Waals surface area contributed by atoms with Crippen LogP contribution >= 0.6 is 11.6 Å². The van der Waals surface area contributed by atoms with E-state index in [4.69, 9.17) is 21.1 Å². The van der Waals surface area contributed by atoms with E-state index in [9.17, 15) is 4.79 Å². The Balaban J connectivity index is 2.28. The second-order valence-electron chi connectivity index (χ2n) is 5.05. The van der Waals surface area contributed by atoms with Crippen molar-refractivity contribution in [1.29, 1.82) is 0 Å². The maximum atomic E-state index is 12.7. The van der Waals surface area contributed by atoms with Crippen LogP contribution in [0.4, 0.5) is 5.69 Å². The number of nitrogens with one attached hydrogen (secondary N) is 1. The Labute approximate surface area is 141 Å². The van der Waals surface area contributed by atoms with Gasteiger partial charge in [-0.1, -0.05) is 48.9 Å². The molecular weight excluding hydrogens is 314 g/mol. The lowest BCUT2D eigenvalue weighted by molar-refractivity contribution is -0.117. The van der Waals surface area contributed by atoms with Crippen molar-refractivity contribution in [3.63, 3.8) is 0 Å². The summed E-state index contributed by atoms with van der Waals surface area (Å²) in [5.74, 6) is 0.645. The first-order valence-corrected chi connectivity index (χ1v) is 7.75. The second kappa shape index (κ2) is 7.88. The van der Waals surface area contributed by atoms with Crippen molar-refractivity contribution < 1.29 is 14.3 Å². The minimum atomic E-state index is -0.234. The number of halogens is 1.